The number of hydrogen-bond donors (Lipinski definition) is 2. The molecule has 0 spiro atoms. The van der Waals surface area contributed by atoms with Gasteiger partial charge >= 0.3 is 0 Å². The van der Waals surface area contributed by atoms with Crippen LogP contribution in [0.2, 0.25) is 0 Å². The van der Waals surface area contributed by atoms with Crippen LogP contribution >= 0.6 is 0 Å². The highest BCUT2D eigenvalue weighted by Crippen LogP contribution is 2.23. The second kappa shape index (κ2) is 9.20. The Morgan fingerprint density at radius 3 is 2.04 bits per heavy atom. The fraction of sp³-hybridized carbons (Fsp3) is 0.526. The number of rotatable bonds is 6. The lowest BCUT2D eigenvalue weighted by molar-refractivity contribution is -0.132. The van der Waals surface area contributed by atoms with E-state index >= 15 is 0 Å². The first kappa shape index (κ1) is 19.0. The highest BCUT2D eigenvalue weighted by molar-refractivity contribution is 5.92. The SMILES string of the molecule is CC(=O)Nc1ccc(NC(=O)CCN(C(C)=O)C2CCCCC2)cc1. The normalized spacial score (nSPS) is 14.6. The fourth-order valence-corrected chi connectivity index (χ4v) is 3.28. The molecule has 0 atom stereocenters. The van der Waals surface area contributed by atoms with Crippen LogP contribution in [-0.4, -0.2) is 35.2 Å². The summed E-state index contributed by atoms with van der Waals surface area (Å²) in [6.07, 6.45) is 5.89. The summed E-state index contributed by atoms with van der Waals surface area (Å²) in [5.41, 5.74) is 1.36. The molecule has 1 aliphatic rings. The first-order valence-electron chi connectivity index (χ1n) is 8.90. The molecule has 1 saturated carbocycles. The highest BCUT2D eigenvalue weighted by atomic mass is 16.2. The number of amides is 3. The van der Waals surface area contributed by atoms with Gasteiger partial charge in [-0.1, -0.05) is 19.3 Å². The van der Waals surface area contributed by atoms with E-state index in [4.69, 9.17) is 0 Å². The number of benzene rings is 1. The summed E-state index contributed by atoms with van der Waals surface area (Å²) >= 11 is 0. The average Bonchev–Trinajstić information content (AvgIpc) is 2.57. The van der Waals surface area contributed by atoms with Gasteiger partial charge in [-0.2, -0.15) is 0 Å². The first-order valence-corrected chi connectivity index (χ1v) is 8.90. The van der Waals surface area contributed by atoms with Gasteiger partial charge in [0.15, 0.2) is 0 Å². The van der Waals surface area contributed by atoms with E-state index in [0.29, 0.717) is 17.9 Å². The maximum absolute atomic E-state index is 12.2. The van der Waals surface area contributed by atoms with Crippen LogP contribution in [0.4, 0.5) is 11.4 Å². The van der Waals surface area contributed by atoms with Crippen molar-refractivity contribution in [1.29, 1.82) is 0 Å². The molecule has 6 nitrogen and oxygen atoms in total. The third-order valence-corrected chi connectivity index (χ3v) is 4.49. The lowest BCUT2D eigenvalue weighted by Gasteiger charge is -2.33. The van der Waals surface area contributed by atoms with Gasteiger partial charge in [-0.05, 0) is 37.1 Å². The number of nitrogens with one attached hydrogen (secondary N) is 2. The van der Waals surface area contributed by atoms with Crippen LogP contribution in [0.15, 0.2) is 24.3 Å². The van der Waals surface area contributed by atoms with Crippen molar-refractivity contribution in [2.24, 2.45) is 0 Å². The summed E-state index contributed by atoms with van der Waals surface area (Å²) in [6, 6.07) is 7.23. The third kappa shape index (κ3) is 6.21. The Hall–Kier alpha value is -2.37. The second-order valence-corrected chi connectivity index (χ2v) is 6.56. The number of nitrogens with zero attached hydrogens (tertiary/aromatic N) is 1. The Bertz CT molecular complexity index is 607. The zero-order valence-electron chi connectivity index (χ0n) is 15.0. The van der Waals surface area contributed by atoms with Crippen LogP contribution in [0, 0.1) is 0 Å². The van der Waals surface area contributed by atoms with E-state index < -0.39 is 0 Å². The molecule has 0 unspecified atom stereocenters. The monoisotopic (exact) mass is 345 g/mol. The molecule has 25 heavy (non-hydrogen) atoms. The van der Waals surface area contributed by atoms with E-state index in [0.717, 1.165) is 25.7 Å². The molecular weight excluding hydrogens is 318 g/mol. The standard InChI is InChI=1S/C19H27N3O3/c1-14(23)20-16-8-10-17(11-9-16)21-19(25)12-13-22(15(2)24)18-6-4-3-5-7-18/h8-11,18H,3-7,12-13H2,1-2H3,(H,20,23)(H,21,25). The Morgan fingerprint density at radius 2 is 1.52 bits per heavy atom. The van der Waals surface area contributed by atoms with Gasteiger partial charge in [-0.3, -0.25) is 14.4 Å². The number of anilines is 2. The summed E-state index contributed by atoms with van der Waals surface area (Å²) in [5.74, 6) is -0.211. The predicted molar refractivity (Wildman–Crippen MR) is 98.3 cm³/mol. The van der Waals surface area contributed by atoms with Crippen molar-refractivity contribution in [1.82, 2.24) is 4.90 Å². The Balaban J connectivity index is 1.84. The van der Waals surface area contributed by atoms with E-state index in [1.54, 1.807) is 31.2 Å². The Morgan fingerprint density at radius 1 is 0.960 bits per heavy atom. The molecule has 0 aromatic heterocycles. The van der Waals surface area contributed by atoms with Crippen molar-refractivity contribution in [3.63, 3.8) is 0 Å². The molecule has 2 N–H and O–H groups in total. The molecule has 1 aromatic rings. The van der Waals surface area contributed by atoms with Crippen molar-refractivity contribution in [3.8, 4) is 0 Å². The van der Waals surface area contributed by atoms with Crippen LogP contribution in [0.5, 0.6) is 0 Å². The smallest absolute Gasteiger partial charge is 0.226 e. The van der Waals surface area contributed by atoms with Crippen LogP contribution < -0.4 is 10.6 Å². The molecule has 1 fully saturated rings. The lowest BCUT2D eigenvalue weighted by Crippen LogP contribution is -2.41. The van der Waals surface area contributed by atoms with Gasteiger partial charge in [0.05, 0.1) is 0 Å². The molecule has 2 rings (SSSR count). The molecule has 0 saturated heterocycles. The number of carbonyl (C=O) groups is 3. The minimum absolute atomic E-state index is 0.0411. The topological polar surface area (TPSA) is 78.5 Å². The molecule has 1 aliphatic carbocycles. The summed E-state index contributed by atoms with van der Waals surface area (Å²) in [6.45, 7) is 3.48. The molecule has 0 aliphatic heterocycles. The summed E-state index contributed by atoms with van der Waals surface area (Å²) in [7, 11) is 0. The minimum Gasteiger partial charge on any atom is -0.339 e. The van der Waals surface area contributed by atoms with Crippen molar-refractivity contribution in [3.05, 3.63) is 24.3 Å². The maximum atomic E-state index is 12.2. The molecule has 136 valence electrons. The van der Waals surface area contributed by atoms with Crippen LogP contribution in [0.25, 0.3) is 0 Å². The van der Waals surface area contributed by atoms with Gasteiger partial charge in [0.1, 0.15) is 0 Å². The summed E-state index contributed by atoms with van der Waals surface area (Å²) < 4.78 is 0. The van der Waals surface area contributed by atoms with Gasteiger partial charge < -0.3 is 15.5 Å². The lowest BCUT2D eigenvalue weighted by atomic mass is 9.94. The van der Waals surface area contributed by atoms with E-state index in [9.17, 15) is 14.4 Å². The van der Waals surface area contributed by atoms with Gasteiger partial charge in [-0.15, -0.1) is 0 Å². The molecule has 0 heterocycles. The van der Waals surface area contributed by atoms with E-state index in [1.165, 1.54) is 13.3 Å². The second-order valence-electron chi connectivity index (χ2n) is 6.56. The Labute approximate surface area is 149 Å². The molecule has 6 heteroatoms. The van der Waals surface area contributed by atoms with E-state index in [-0.39, 0.29) is 30.2 Å². The van der Waals surface area contributed by atoms with E-state index in [2.05, 4.69) is 10.6 Å². The van der Waals surface area contributed by atoms with Gasteiger partial charge in [0.25, 0.3) is 0 Å². The largest absolute Gasteiger partial charge is 0.339 e. The molecule has 0 radical (unpaired) electrons. The summed E-state index contributed by atoms with van der Waals surface area (Å²) in [5, 5.41) is 5.51. The number of carbonyl (C=O) groups excluding carboxylic acids is 3. The van der Waals surface area contributed by atoms with Crippen LogP contribution in [0.3, 0.4) is 0 Å². The van der Waals surface area contributed by atoms with Crippen LogP contribution in [0.1, 0.15) is 52.4 Å². The summed E-state index contributed by atoms with van der Waals surface area (Å²) in [4.78, 5) is 36.9. The third-order valence-electron chi connectivity index (χ3n) is 4.49. The van der Waals surface area contributed by atoms with Gasteiger partial charge in [0, 0.05) is 44.2 Å². The molecular formula is C19H27N3O3. The Kier molecular flexibility index (Phi) is 6.98. The van der Waals surface area contributed by atoms with Crippen molar-refractivity contribution in [2.45, 2.75) is 58.4 Å². The van der Waals surface area contributed by atoms with E-state index in [1.807, 2.05) is 4.90 Å². The fourth-order valence-electron chi connectivity index (χ4n) is 3.28. The quantitative estimate of drug-likeness (QED) is 0.831. The number of hydrogen-bond acceptors (Lipinski definition) is 3. The molecule has 1 aromatic carbocycles. The van der Waals surface area contributed by atoms with Crippen molar-refractivity contribution in [2.75, 3.05) is 17.2 Å². The van der Waals surface area contributed by atoms with Crippen LogP contribution in [-0.2, 0) is 14.4 Å². The zero-order chi connectivity index (χ0) is 18.2. The highest BCUT2D eigenvalue weighted by Gasteiger charge is 2.23. The first-order chi connectivity index (χ1) is 12.0. The molecule has 0 bridgehead atoms. The van der Waals surface area contributed by atoms with Crippen molar-refractivity contribution < 1.29 is 14.4 Å². The van der Waals surface area contributed by atoms with Crippen molar-refractivity contribution >= 4 is 29.1 Å². The van der Waals surface area contributed by atoms with Gasteiger partial charge in [0.2, 0.25) is 17.7 Å². The average molecular weight is 345 g/mol. The minimum atomic E-state index is -0.135. The maximum Gasteiger partial charge on any atom is 0.226 e. The zero-order valence-corrected chi connectivity index (χ0v) is 15.0. The van der Waals surface area contributed by atoms with Gasteiger partial charge in [-0.25, -0.2) is 0 Å². The molecule has 3 amide bonds. The predicted octanol–water partition coefficient (Wildman–Crippen LogP) is 3.15.